The smallest absolute Gasteiger partial charge is 0.0715 e. The van der Waals surface area contributed by atoms with E-state index < -0.39 is 5.60 Å². The summed E-state index contributed by atoms with van der Waals surface area (Å²) < 4.78 is 0. The SMILES string of the molecule is CC(C)(O)CN[C@H]1C[C@@H]2CC[C@@H]1C2. The van der Waals surface area contributed by atoms with Crippen molar-refractivity contribution in [3.05, 3.63) is 0 Å². The third kappa shape index (κ3) is 2.23. The lowest BCUT2D eigenvalue weighted by atomic mass is 9.95. The van der Waals surface area contributed by atoms with E-state index in [1.807, 2.05) is 13.8 Å². The van der Waals surface area contributed by atoms with E-state index in [2.05, 4.69) is 5.32 Å². The van der Waals surface area contributed by atoms with Gasteiger partial charge in [0.05, 0.1) is 5.60 Å². The van der Waals surface area contributed by atoms with E-state index >= 15 is 0 Å². The summed E-state index contributed by atoms with van der Waals surface area (Å²) in [6.07, 6.45) is 5.64. The molecule has 0 amide bonds. The maximum atomic E-state index is 9.59. The maximum Gasteiger partial charge on any atom is 0.0715 e. The van der Waals surface area contributed by atoms with Crippen molar-refractivity contribution >= 4 is 0 Å². The van der Waals surface area contributed by atoms with E-state index in [4.69, 9.17) is 0 Å². The van der Waals surface area contributed by atoms with Gasteiger partial charge in [-0.05, 0) is 44.9 Å². The monoisotopic (exact) mass is 183 g/mol. The summed E-state index contributed by atoms with van der Waals surface area (Å²) in [4.78, 5) is 0. The number of hydrogen-bond acceptors (Lipinski definition) is 2. The molecule has 0 aromatic carbocycles. The predicted octanol–water partition coefficient (Wildman–Crippen LogP) is 1.54. The van der Waals surface area contributed by atoms with Gasteiger partial charge >= 0.3 is 0 Å². The van der Waals surface area contributed by atoms with Crippen LogP contribution in [0.4, 0.5) is 0 Å². The average Bonchev–Trinajstić information content (AvgIpc) is 2.58. The van der Waals surface area contributed by atoms with Gasteiger partial charge in [-0.1, -0.05) is 6.42 Å². The molecule has 2 aliphatic rings. The van der Waals surface area contributed by atoms with Gasteiger partial charge in [0.15, 0.2) is 0 Å². The van der Waals surface area contributed by atoms with Crippen LogP contribution in [0.2, 0.25) is 0 Å². The second-order valence-corrected chi connectivity index (χ2v) is 5.47. The highest BCUT2D eigenvalue weighted by Gasteiger charge is 2.39. The molecule has 0 aliphatic heterocycles. The molecule has 2 N–H and O–H groups in total. The van der Waals surface area contributed by atoms with Crippen molar-refractivity contribution in [1.82, 2.24) is 5.32 Å². The van der Waals surface area contributed by atoms with Gasteiger partial charge in [0, 0.05) is 12.6 Å². The van der Waals surface area contributed by atoms with Crippen molar-refractivity contribution in [2.45, 2.75) is 51.2 Å². The molecule has 0 radical (unpaired) electrons. The molecule has 2 rings (SSSR count). The van der Waals surface area contributed by atoms with Crippen molar-refractivity contribution in [2.24, 2.45) is 11.8 Å². The van der Waals surface area contributed by atoms with Crippen molar-refractivity contribution in [1.29, 1.82) is 0 Å². The van der Waals surface area contributed by atoms with Gasteiger partial charge in [-0.25, -0.2) is 0 Å². The van der Waals surface area contributed by atoms with Crippen LogP contribution in [0.25, 0.3) is 0 Å². The Bertz CT molecular complexity index is 185. The van der Waals surface area contributed by atoms with E-state index in [9.17, 15) is 5.11 Å². The van der Waals surface area contributed by atoms with Gasteiger partial charge < -0.3 is 10.4 Å². The Balaban J connectivity index is 1.78. The molecule has 3 atom stereocenters. The summed E-state index contributed by atoms with van der Waals surface area (Å²) >= 11 is 0. The predicted molar refractivity (Wildman–Crippen MR) is 53.5 cm³/mol. The van der Waals surface area contributed by atoms with E-state index in [-0.39, 0.29) is 0 Å². The van der Waals surface area contributed by atoms with Crippen LogP contribution in [-0.2, 0) is 0 Å². The van der Waals surface area contributed by atoms with E-state index in [1.54, 1.807) is 0 Å². The molecule has 2 saturated carbocycles. The van der Waals surface area contributed by atoms with Crippen LogP contribution in [0.1, 0.15) is 39.5 Å². The quantitative estimate of drug-likeness (QED) is 0.695. The Morgan fingerprint density at radius 2 is 2.08 bits per heavy atom. The lowest BCUT2D eigenvalue weighted by Gasteiger charge is -2.27. The first kappa shape index (κ1) is 9.47. The van der Waals surface area contributed by atoms with Gasteiger partial charge in [-0.3, -0.25) is 0 Å². The zero-order chi connectivity index (χ0) is 9.47. The number of nitrogens with one attached hydrogen (secondary N) is 1. The Morgan fingerprint density at radius 1 is 1.31 bits per heavy atom. The zero-order valence-corrected chi connectivity index (χ0v) is 8.71. The Kier molecular flexibility index (Phi) is 2.37. The minimum Gasteiger partial charge on any atom is -0.389 e. The number of hydrogen-bond donors (Lipinski definition) is 2. The van der Waals surface area contributed by atoms with Crippen LogP contribution in [0.3, 0.4) is 0 Å². The van der Waals surface area contributed by atoms with Gasteiger partial charge in [-0.15, -0.1) is 0 Å². The van der Waals surface area contributed by atoms with Crippen molar-refractivity contribution < 1.29 is 5.11 Å². The largest absolute Gasteiger partial charge is 0.389 e. The second kappa shape index (κ2) is 3.25. The van der Waals surface area contributed by atoms with Gasteiger partial charge in [-0.2, -0.15) is 0 Å². The Morgan fingerprint density at radius 3 is 2.54 bits per heavy atom. The lowest BCUT2D eigenvalue weighted by molar-refractivity contribution is 0.0736. The number of aliphatic hydroxyl groups is 1. The fraction of sp³-hybridized carbons (Fsp3) is 1.00. The third-order valence-corrected chi connectivity index (χ3v) is 3.53. The highest BCUT2D eigenvalue weighted by atomic mass is 16.3. The van der Waals surface area contributed by atoms with Crippen LogP contribution < -0.4 is 5.32 Å². The van der Waals surface area contributed by atoms with Gasteiger partial charge in [0.2, 0.25) is 0 Å². The maximum absolute atomic E-state index is 9.59. The molecule has 0 aromatic heterocycles. The summed E-state index contributed by atoms with van der Waals surface area (Å²) in [5, 5.41) is 13.1. The highest BCUT2D eigenvalue weighted by Crippen LogP contribution is 2.44. The molecule has 2 bridgehead atoms. The molecule has 2 heteroatoms. The Hall–Kier alpha value is -0.0800. The van der Waals surface area contributed by atoms with Crippen molar-refractivity contribution in [2.75, 3.05) is 6.54 Å². The molecule has 76 valence electrons. The molecule has 13 heavy (non-hydrogen) atoms. The fourth-order valence-corrected chi connectivity index (χ4v) is 2.88. The summed E-state index contributed by atoms with van der Waals surface area (Å²) in [5.41, 5.74) is -0.554. The minimum atomic E-state index is -0.554. The van der Waals surface area contributed by atoms with Crippen molar-refractivity contribution in [3.63, 3.8) is 0 Å². The van der Waals surface area contributed by atoms with E-state index in [0.717, 1.165) is 18.4 Å². The molecule has 0 unspecified atom stereocenters. The molecule has 2 nitrogen and oxygen atoms in total. The van der Waals surface area contributed by atoms with Crippen LogP contribution in [0.15, 0.2) is 0 Å². The van der Waals surface area contributed by atoms with E-state index in [1.165, 1.54) is 25.7 Å². The molecule has 0 spiro atoms. The number of rotatable bonds is 3. The van der Waals surface area contributed by atoms with E-state index in [0.29, 0.717) is 6.04 Å². The molecular formula is C11H21NO. The molecule has 0 aromatic rings. The van der Waals surface area contributed by atoms with Gasteiger partial charge in [0.1, 0.15) is 0 Å². The second-order valence-electron chi connectivity index (χ2n) is 5.47. The van der Waals surface area contributed by atoms with Crippen LogP contribution in [0.5, 0.6) is 0 Å². The van der Waals surface area contributed by atoms with Crippen LogP contribution in [-0.4, -0.2) is 23.3 Å². The average molecular weight is 183 g/mol. The Labute approximate surface area is 80.7 Å². The summed E-state index contributed by atoms with van der Waals surface area (Å²) in [6.45, 7) is 4.47. The molecule has 0 saturated heterocycles. The standard InChI is InChI=1S/C11H21NO/c1-11(2,13)7-12-10-6-8-3-4-9(10)5-8/h8-10,12-13H,3-7H2,1-2H3/t8-,9-,10+/m1/s1. The highest BCUT2D eigenvalue weighted by molar-refractivity contribution is 4.94. The first-order valence-electron chi connectivity index (χ1n) is 5.50. The molecular weight excluding hydrogens is 162 g/mol. The van der Waals surface area contributed by atoms with Gasteiger partial charge in [0.25, 0.3) is 0 Å². The van der Waals surface area contributed by atoms with Crippen molar-refractivity contribution in [3.8, 4) is 0 Å². The zero-order valence-electron chi connectivity index (χ0n) is 8.71. The summed E-state index contributed by atoms with van der Waals surface area (Å²) in [6, 6.07) is 0.699. The van der Waals surface area contributed by atoms with Crippen LogP contribution in [0, 0.1) is 11.8 Å². The lowest BCUT2D eigenvalue weighted by Crippen LogP contribution is -2.42. The minimum absolute atomic E-state index is 0.554. The third-order valence-electron chi connectivity index (χ3n) is 3.53. The molecule has 2 fully saturated rings. The summed E-state index contributed by atoms with van der Waals surface area (Å²) in [7, 11) is 0. The molecule has 0 heterocycles. The fourth-order valence-electron chi connectivity index (χ4n) is 2.88. The number of fused-ring (bicyclic) bond motifs is 2. The van der Waals surface area contributed by atoms with Crippen LogP contribution >= 0.6 is 0 Å². The topological polar surface area (TPSA) is 32.3 Å². The first-order chi connectivity index (χ1) is 6.04. The molecule has 2 aliphatic carbocycles. The first-order valence-corrected chi connectivity index (χ1v) is 5.50. The normalized spacial score (nSPS) is 38.5. The summed E-state index contributed by atoms with van der Waals surface area (Å²) in [5.74, 6) is 1.90.